The Kier molecular flexibility index (Phi) is 4.84. The molecule has 119 valence electrons. The minimum Gasteiger partial charge on any atom is -0.368 e. The first-order valence-corrected chi connectivity index (χ1v) is 8.07. The molecule has 2 aromatic rings. The average molecular weight is 329 g/mol. The van der Waals surface area contributed by atoms with Crippen molar-refractivity contribution in [1.82, 2.24) is 5.32 Å². The summed E-state index contributed by atoms with van der Waals surface area (Å²) in [5.41, 5.74) is 3.32. The second kappa shape index (κ2) is 7.02. The molecule has 0 aliphatic carbocycles. The van der Waals surface area contributed by atoms with Crippen molar-refractivity contribution in [2.45, 2.75) is 6.92 Å². The van der Waals surface area contributed by atoms with E-state index in [2.05, 4.69) is 15.5 Å². The minimum absolute atomic E-state index is 0.122. The third-order valence-corrected chi connectivity index (χ3v) is 4.29. The lowest BCUT2D eigenvalue weighted by atomic mass is 10.1. The van der Waals surface area contributed by atoms with E-state index in [4.69, 9.17) is 11.6 Å². The largest absolute Gasteiger partial charge is 0.368 e. The van der Waals surface area contributed by atoms with Crippen molar-refractivity contribution in [3.63, 3.8) is 0 Å². The number of anilines is 2. The Labute approximate surface area is 141 Å². The molecule has 0 atom stereocenters. The van der Waals surface area contributed by atoms with Crippen LogP contribution in [0.5, 0.6) is 0 Å². The van der Waals surface area contributed by atoms with Gasteiger partial charge in [-0.2, -0.15) is 0 Å². The summed E-state index contributed by atoms with van der Waals surface area (Å²) in [6.07, 6.45) is 0. The Hall–Kier alpha value is -2.04. The fourth-order valence-electron chi connectivity index (χ4n) is 2.71. The number of rotatable bonds is 3. The van der Waals surface area contributed by atoms with E-state index in [-0.39, 0.29) is 5.91 Å². The number of piperazine rings is 1. The first kappa shape index (κ1) is 15.8. The summed E-state index contributed by atoms with van der Waals surface area (Å²) in [5.74, 6) is -0.122. The van der Waals surface area contributed by atoms with Crippen molar-refractivity contribution < 1.29 is 4.79 Å². The number of halogens is 1. The molecule has 1 amide bonds. The van der Waals surface area contributed by atoms with E-state index in [1.807, 2.05) is 43.3 Å². The average Bonchev–Trinajstić information content (AvgIpc) is 2.56. The molecule has 0 spiro atoms. The maximum atomic E-state index is 12.4. The van der Waals surface area contributed by atoms with Crippen LogP contribution in [-0.2, 0) is 0 Å². The molecule has 23 heavy (non-hydrogen) atoms. The maximum absolute atomic E-state index is 12.4. The Morgan fingerprint density at radius 3 is 2.61 bits per heavy atom. The summed E-state index contributed by atoms with van der Waals surface area (Å²) in [4.78, 5) is 14.6. The normalized spacial score (nSPS) is 14.6. The van der Waals surface area contributed by atoms with Crippen LogP contribution < -0.4 is 15.5 Å². The van der Waals surface area contributed by atoms with E-state index >= 15 is 0 Å². The van der Waals surface area contributed by atoms with Crippen molar-refractivity contribution in [3.8, 4) is 0 Å². The highest BCUT2D eigenvalue weighted by Gasteiger charge is 2.15. The quantitative estimate of drug-likeness (QED) is 0.939. The monoisotopic (exact) mass is 328 g/mol. The summed E-state index contributed by atoms with van der Waals surface area (Å²) in [6, 6.07) is 13.2. The number of amides is 1. The van der Waals surface area contributed by atoms with Crippen LogP contribution in [-0.4, -0.2) is 32.1 Å². The number of aryl methyl sites for hydroxylation is 1. The standard InChI is InChI=1S/C18H19ClN3O/c1-13-4-2-3-5-15(13)18(23)21-14-6-7-17(16(19)12-14)22-10-8-20-9-11-22/h2-7,12H,8-11H2,1H3,(H,21,23). The third kappa shape index (κ3) is 3.66. The zero-order chi connectivity index (χ0) is 16.2. The molecule has 1 radical (unpaired) electrons. The highest BCUT2D eigenvalue weighted by atomic mass is 35.5. The van der Waals surface area contributed by atoms with Gasteiger partial charge in [-0.3, -0.25) is 4.79 Å². The zero-order valence-electron chi connectivity index (χ0n) is 13.1. The number of nitrogens with zero attached hydrogens (tertiary/aromatic N) is 2. The molecule has 0 bridgehead atoms. The molecule has 4 nitrogen and oxygen atoms in total. The first-order valence-electron chi connectivity index (χ1n) is 7.70. The van der Waals surface area contributed by atoms with E-state index in [0.717, 1.165) is 37.4 Å². The van der Waals surface area contributed by atoms with Crippen LogP contribution in [0.3, 0.4) is 0 Å². The van der Waals surface area contributed by atoms with Gasteiger partial charge in [0.2, 0.25) is 0 Å². The van der Waals surface area contributed by atoms with E-state index in [1.54, 1.807) is 6.07 Å². The van der Waals surface area contributed by atoms with Gasteiger partial charge < -0.3 is 10.2 Å². The van der Waals surface area contributed by atoms with Crippen LogP contribution in [0.15, 0.2) is 42.5 Å². The van der Waals surface area contributed by atoms with Gasteiger partial charge in [-0.15, -0.1) is 0 Å². The summed E-state index contributed by atoms with van der Waals surface area (Å²) >= 11 is 6.40. The number of hydrogen-bond donors (Lipinski definition) is 1. The molecule has 1 aliphatic rings. The minimum atomic E-state index is -0.122. The fourth-order valence-corrected chi connectivity index (χ4v) is 3.01. The van der Waals surface area contributed by atoms with E-state index in [1.165, 1.54) is 0 Å². The van der Waals surface area contributed by atoms with Crippen LogP contribution in [0.2, 0.25) is 5.02 Å². The Bertz CT molecular complexity index is 711. The molecule has 5 heteroatoms. The summed E-state index contributed by atoms with van der Waals surface area (Å²) in [7, 11) is 0. The van der Waals surface area contributed by atoms with Crippen LogP contribution in [0.25, 0.3) is 0 Å². The first-order chi connectivity index (χ1) is 11.1. The lowest BCUT2D eigenvalue weighted by Gasteiger charge is -2.29. The Morgan fingerprint density at radius 2 is 1.91 bits per heavy atom. The van der Waals surface area contributed by atoms with Crippen LogP contribution >= 0.6 is 11.6 Å². The Balaban J connectivity index is 1.75. The van der Waals surface area contributed by atoms with Gasteiger partial charge in [0.15, 0.2) is 0 Å². The van der Waals surface area contributed by atoms with Crippen molar-refractivity contribution in [2.75, 3.05) is 36.4 Å². The molecule has 1 N–H and O–H groups in total. The van der Waals surface area contributed by atoms with Crippen LogP contribution in [0.4, 0.5) is 11.4 Å². The van der Waals surface area contributed by atoms with Crippen molar-refractivity contribution in [1.29, 1.82) is 0 Å². The van der Waals surface area contributed by atoms with Gasteiger partial charge in [0.05, 0.1) is 10.7 Å². The molecule has 1 fully saturated rings. The highest BCUT2D eigenvalue weighted by molar-refractivity contribution is 6.33. The molecule has 0 aromatic heterocycles. The van der Waals surface area contributed by atoms with Gasteiger partial charge in [-0.1, -0.05) is 29.8 Å². The molecule has 0 unspecified atom stereocenters. The molecule has 0 saturated carbocycles. The second-order valence-electron chi connectivity index (χ2n) is 5.59. The zero-order valence-corrected chi connectivity index (χ0v) is 13.8. The van der Waals surface area contributed by atoms with E-state index < -0.39 is 0 Å². The number of carbonyl (C=O) groups excluding carboxylic acids is 1. The molecule has 1 aliphatic heterocycles. The molecule has 1 heterocycles. The number of nitrogens with one attached hydrogen (secondary N) is 1. The highest BCUT2D eigenvalue weighted by Crippen LogP contribution is 2.29. The molecular formula is C18H19ClN3O. The van der Waals surface area contributed by atoms with E-state index in [0.29, 0.717) is 16.3 Å². The number of hydrogen-bond acceptors (Lipinski definition) is 2. The SMILES string of the molecule is Cc1ccccc1C(=O)Nc1ccc(N2CC[N]CC2)c(Cl)c1. The topological polar surface area (TPSA) is 46.4 Å². The molecule has 1 saturated heterocycles. The van der Waals surface area contributed by atoms with Gasteiger partial charge >= 0.3 is 0 Å². The van der Waals surface area contributed by atoms with Crippen LogP contribution in [0, 0.1) is 6.92 Å². The number of benzene rings is 2. The second-order valence-corrected chi connectivity index (χ2v) is 6.00. The van der Waals surface area contributed by atoms with Gasteiger partial charge in [0, 0.05) is 37.4 Å². The van der Waals surface area contributed by atoms with Crippen molar-refractivity contribution in [2.24, 2.45) is 0 Å². The van der Waals surface area contributed by atoms with Gasteiger partial charge in [0.25, 0.3) is 5.91 Å². The van der Waals surface area contributed by atoms with Crippen molar-refractivity contribution >= 4 is 28.9 Å². The fraction of sp³-hybridized carbons (Fsp3) is 0.278. The Morgan fingerprint density at radius 1 is 1.17 bits per heavy atom. The maximum Gasteiger partial charge on any atom is 0.255 e. The molecular weight excluding hydrogens is 310 g/mol. The van der Waals surface area contributed by atoms with Gasteiger partial charge in [-0.25, -0.2) is 5.32 Å². The van der Waals surface area contributed by atoms with Gasteiger partial charge in [-0.05, 0) is 36.8 Å². The predicted octanol–water partition coefficient (Wildman–Crippen LogP) is 3.33. The van der Waals surface area contributed by atoms with Gasteiger partial charge in [0.1, 0.15) is 0 Å². The van der Waals surface area contributed by atoms with Crippen LogP contribution in [0.1, 0.15) is 15.9 Å². The van der Waals surface area contributed by atoms with Crippen molar-refractivity contribution in [3.05, 3.63) is 58.6 Å². The van der Waals surface area contributed by atoms with E-state index in [9.17, 15) is 4.79 Å². The number of carbonyl (C=O) groups is 1. The summed E-state index contributed by atoms with van der Waals surface area (Å²) in [5, 5.41) is 7.90. The predicted molar refractivity (Wildman–Crippen MR) is 94.7 cm³/mol. The smallest absolute Gasteiger partial charge is 0.255 e. The molecule has 2 aromatic carbocycles. The lowest BCUT2D eigenvalue weighted by molar-refractivity contribution is 0.102. The lowest BCUT2D eigenvalue weighted by Crippen LogP contribution is -2.40. The molecule has 3 rings (SSSR count). The third-order valence-electron chi connectivity index (χ3n) is 3.99. The summed E-state index contributed by atoms with van der Waals surface area (Å²) < 4.78 is 0. The summed E-state index contributed by atoms with van der Waals surface area (Å²) in [6.45, 7) is 5.36.